The van der Waals surface area contributed by atoms with Gasteiger partial charge >= 0.3 is 0 Å². The van der Waals surface area contributed by atoms with Crippen LogP contribution >= 0.6 is 11.6 Å². The predicted octanol–water partition coefficient (Wildman–Crippen LogP) is 3.10. The highest BCUT2D eigenvalue weighted by Crippen LogP contribution is 2.48. The van der Waals surface area contributed by atoms with Crippen molar-refractivity contribution in [3.8, 4) is 0 Å². The fraction of sp³-hybridized carbons (Fsp3) is 0.571. The van der Waals surface area contributed by atoms with Gasteiger partial charge in [-0.05, 0) is 37.3 Å². The van der Waals surface area contributed by atoms with Gasteiger partial charge in [0.25, 0.3) is 0 Å². The Morgan fingerprint density at radius 1 is 1.29 bits per heavy atom. The third-order valence-corrected chi connectivity index (χ3v) is 4.11. The van der Waals surface area contributed by atoms with Crippen LogP contribution in [0.1, 0.15) is 31.2 Å². The van der Waals surface area contributed by atoms with E-state index in [4.69, 9.17) is 16.3 Å². The monoisotopic (exact) mass is 251 g/mol. The molecule has 1 atom stereocenters. The molecule has 1 aromatic carbocycles. The molecule has 2 aliphatic rings. The van der Waals surface area contributed by atoms with Gasteiger partial charge in [-0.2, -0.15) is 0 Å². The second-order valence-corrected chi connectivity index (χ2v) is 5.53. The molecular weight excluding hydrogens is 234 g/mol. The van der Waals surface area contributed by atoms with Crippen LogP contribution in [0.25, 0.3) is 0 Å². The first kappa shape index (κ1) is 11.5. The molecule has 2 nitrogen and oxygen atoms in total. The van der Waals surface area contributed by atoms with Crippen LogP contribution in [0.2, 0.25) is 5.02 Å². The molecule has 1 aromatic rings. The van der Waals surface area contributed by atoms with E-state index in [9.17, 15) is 0 Å². The highest BCUT2D eigenvalue weighted by atomic mass is 35.5. The Balaban J connectivity index is 1.75. The topological polar surface area (TPSA) is 21.3 Å². The van der Waals surface area contributed by atoms with Gasteiger partial charge in [0.1, 0.15) is 0 Å². The van der Waals surface area contributed by atoms with E-state index in [1.807, 2.05) is 12.1 Å². The zero-order valence-electron chi connectivity index (χ0n) is 9.92. The van der Waals surface area contributed by atoms with Crippen molar-refractivity contribution in [2.24, 2.45) is 0 Å². The summed E-state index contributed by atoms with van der Waals surface area (Å²) in [7, 11) is 0. The molecule has 17 heavy (non-hydrogen) atoms. The Kier molecular flexibility index (Phi) is 3.12. The van der Waals surface area contributed by atoms with Crippen molar-refractivity contribution in [2.75, 3.05) is 13.2 Å². The minimum Gasteiger partial charge on any atom is -0.380 e. The molecule has 0 bridgehead atoms. The van der Waals surface area contributed by atoms with Crippen molar-refractivity contribution in [3.05, 3.63) is 34.9 Å². The summed E-state index contributed by atoms with van der Waals surface area (Å²) in [6.45, 7) is 1.75. The van der Waals surface area contributed by atoms with E-state index < -0.39 is 0 Å². The Hall–Kier alpha value is -0.570. The first-order chi connectivity index (χ1) is 8.30. The number of hydrogen-bond acceptors (Lipinski definition) is 2. The van der Waals surface area contributed by atoms with E-state index >= 15 is 0 Å². The van der Waals surface area contributed by atoms with Crippen molar-refractivity contribution >= 4 is 11.6 Å². The molecule has 1 unspecified atom stereocenters. The molecular formula is C14H18ClNO. The molecule has 0 amide bonds. The molecule has 92 valence electrons. The number of halogens is 1. The van der Waals surface area contributed by atoms with Crippen molar-refractivity contribution in [1.29, 1.82) is 0 Å². The fourth-order valence-corrected chi connectivity index (χ4v) is 3.03. The molecule has 3 rings (SSSR count). The summed E-state index contributed by atoms with van der Waals surface area (Å²) < 4.78 is 5.53. The summed E-state index contributed by atoms with van der Waals surface area (Å²) in [6.07, 6.45) is 4.75. The van der Waals surface area contributed by atoms with Gasteiger partial charge in [-0.15, -0.1) is 0 Å². The Labute approximate surface area is 107 Å². The zero-order valence-corrected chi connectivity index (χ0v) is 10.7. The summed E-state index contributed by atoms with van der Waals surface area (Å²) in [5.74, 6) is 0. The summed E-state index contributed by atoms with van der Waals surface area (Å²) in [6, 6.07) is 8.68. The van der Waals surface area contributed by atoms with Crippen LogP contribution < -0.4 is 5.32 Å². The smallest absolute Gasteiger partial charge is 0.0619 e. The molecule has 1 aliphatic carbocycles. The summed E-state index contributed by atoms with van der Waals surface area (Å²) in [5.41, 5.74) is 1.39. The average Bonchev–Trinajstić information content (AvgIpc) is 3.12. The van der Waals surface area contributed by atoms with Crippen LogP contribution in [0.3, 0.4) is 0 Å². The maximum Gasteiger partial charge on any atom is 0.0619 e. The number of benzene rings is 1. The molecule has 1 N–H and O–H groups in total. The molecule has 0 aromatic heterocycles. The number of rotatable bonds is 3. The molecule has 1 aliphatic heterocycles. The van der Waals surface area contributed by atoms with Gasteiger partial charge < -0.3 is 10.1 Å². The van der Waals surface area contributed by atoms with Gasteiger partial charge in [0.2, 0.25) is 0 Å². The number of ether oxygens (including phenoxy) is 1. The third kappa shape index (κ3) is 2.35. The quantitative estimate of drug-likeness (QED) is 0.892. The van der Waals surface area contributed by atoms with Crippen molar-refractivity contribution < 1.29 is 4.74 Å². The second kappa shape index (κ2) is 4.60. The molecule has 1 saturated heterocycles. The van der Waals surface area contributed by atoms with Gasteiger partial charge in [-0.1, -0.05) is 29.8 Å². The van der Waals surface area contributed by atoms with Gasteiger partial charge in [-0.25, -0.2) is 0 Å². The largest absolute Gasteiger partial charge is 0.380 e. The van der Waals surface area contributed by atoms with E-state index in [-0.39, 0.29) is 5.54 Å². The summed E-state index contributed by atoms with van der Waals surface area (Å²) in [4.78, 5) is 0. The van der Waals surface area contributed by atoms with E-state index in [1.165, 1.54) is 24.8 Å². The van der Waals surface area contributed by atoms with Gasteiger partial charge in [0, 0.05) is 23.2 Å². The molecule has 0 spiro atoms. The standard InChI is InChI=1S/C14H18ClNO/c15-13-6-2-1-5-12(13)14(7-8-14)16-11-4-3-9-17-10-11/h1-2,5-6,11,16H,3-4,7-10H2. The Bertz CT molecular complexity index is 397. The van der Waals surface area contributed by atoms with Crippen LogP contribution in [0, 0.1) is 0 Å². The summed E-state index contributed by atoms with van der Waals surface area (Å²) >= 11 is 6.30. The highest BCUT2D eigenvalue weighted by Gasteiger charge is 2.46. The lowest BCUT2D eigenvalue weighted by Crippen LogP contribution is -2.43. The molecule has 2 fully saturated rings. The van der Waals surface area contributed by atoms with Crippen LogP contribution in [-0.4, -0.2) is 19.3 Å². The van der Waals surface area contributed by atoms with E-state index in [0.29, 0.717) is 6.04 Å². The van der Waals surface area contributed by atoms with Crippen LogP contribution in [0.15, 0.2) is 24.3 Å². The van der Waals surface area contributed by atoms with Gasteiger partial charge in [0.15, 0.2) is 0 Å². The molecule has 1 heterocycles. The normalized spacial score (nSPS) is 26.8. The fourth-order valence-electron chi connectivity index (χ4n) is 2.71. The maximum absolute atomic E-state index is 6.30. The summed E-state index contributed by atoms with van der Waals surface area (Å²) in [5, 5.41) is 4.64. The first-order valence-corrected chi connectivity index (χ1v) is 6.78. The van der Waals surface area contributed by atoms with E-state index in [0.717, 1.165) is 24.7 Å². The lowest BCUT2D eigenvalue weighted by atomic mass is 10.0. The van der Waals surface area contributed by atoms with E-state index in [2.05, 4.69) is 17.4 Å². The van der Waals surface area contributed by atoms with Crippen LogP contribution in [-0.2, 0) is 10.3 Å². The molecule has 3 heteroatoms. The molecule has 1 saturated carbocycles. The van der Waals surface area contributed by atoms with Gasteiger partial charge in [0.05, 0.1) is 6.61 Å². The lowest BCUT2D eigenvalue weighted by Gasteiger charge is -2.29. The van der Waals surface area contributed by atoms with Crippen LogP contribution in [0.5, 0.6) is 0 Å². The average molecular weight is 252 g/mol. The van der Waals surface area contributed by atoms with Crippen molar-refractivity contribution in [1.82, 2.24) is 5.32 Å². The predicted molar refractivity (Wildman–Crippen MR) is 69.3 cm³/mol. The Morgan fingerprint density at radius 3 is 2.76 bits per heavy atom. The maximum atomic E-state index is 6.30. The van der Waals surface area contributed by atoms with Crippen LogP contribution in [0.4, 0.5) is 0 Å². The second-order valence-electron chi connectivity index (χ2n) is 5.12. The highest BCUT2D eigenvalue weighted by molar-refractivity contribution is 6.31. The third-order valence-electron chi connectivity index (χ3n) is 3.78. The number of hydrogen-bond donors (Lipinski definition) is 1. The lowest BCUT2D eigenvalue weighted by molar-refractivity contribution is 0.0647. The zero-order chi connectivity index (χ0) is 11.7. The first-order valence-electron chi connectivity index (χ1n) is 6.41. The van der Waals surface area contributed by atoms with Gasteiger partial charge in [-0.3, -0.25) is 0 Å². The minimum absolute atomic E-state index is 0.129. The molecule has 0 radical (unpaired) electrons. The minimum atomic E-state index is 0.129. The van der Waals surface area contributed by atoms with Crippen molar-refractivity contribution in [2.45, 2.75) is 37.3 Å². The van der Waals surface area contributed by atoms with Crippen molar-refractivity contribution in [3.63, 3.8) is 0 Å². The van der Waals surface area contributed by atoms with E-state index in [1.54, 1.807) is 0 Å². The number of nitrogens with one attached hydrogen (secondary N) is 1. The Morgan fingerprint density at radius 2 is 2.12 bits per heavy atom. The SMILES string of the molecule is Clc1ccccc1C1(NC2CCCOC2)CC1.